The maximum absolute atomic E-state index is 12.9. The summed E-state index contributed by atoms with van der Waals surface area (Å²) in [6, 6.07) is 1.73. The molecule has 1 heterocycles. The molecule has 0 aromatic carbocycles. The van der Waals surface area contributed by atoms with Crippen molar-refractivity contribution in [2.24, 2.45) is 5.41 Å². The average molecular weight is 261 g/mol. The number of rotatable bonds is 3. The second-order valence-corrected chi connectivity index (χ2v) is 4.73. The van der Waals surface area contributed by atoms with Gasteiger partial charge in [0.15, 0.2) is 4.67 Å². The van der Waals surface area contributed by atoms with Crippen LogP contribution < -0.4 is 0 Å². The molecule has 0 radical (unpaired) electrons. The van der Waals surface area contributed by atoms with E-state index in [0.717, 1.165) is 5.56 Å². The van der Waals surface area contributed by atoms with E-state index in [4.69, 9.17) is 4.42 Å². The summed E-state index contributed by atoms with van der Waals surface area (Å²) in [5.74, 6) is -0.0432. The van der Waals surface area contributed by atoms with Gasteiger partial charge in [0.1, 0.15) is 12.0 Å². The Balaban J connectivity index is 2.02. The highest BCUT2D eigenvalue weighted by Gasteiger charge is 2.56. The van der Waals surface area contributed by atoms with Crippen molar-refractivity contribution in [3.05, 3.63) is 22.6 Å². The number of ketones is 1. The molecule has 1 aromatic rings. The highest BCUT2D eigenvalue weighted by molar-refractivity contribution is 9.10. The summed E-state index contributed by atoms with van der Waals surface area (Å²) < 4.78 is 18.5. The zero-order valence-corrected chi connectivity index (χ0v) is 9.30. The molecule has 1 aliphatic carbocycles. The van der Waals surface area contributed by atoms with Crippen molar-refractivity contribution in [3.63, 3.8) is 0 Å². The number of furan rings is 1. The van der Waals surface area contributed by atoms with Gasteiger partial charge in [-0.25, -0.2) is 4.39 Å². The monoisotopic (exact) mass is 260 g/mol. The van der Waals surface area contributed by atoms with Crippen molar-refractivity contribution >= 4 is 21.7 Å². The van der Waals surface area contributed by atoms with E-state index in [1.807, 2.05) is 0 Å². The summed E-state index contributed by atoms with van der Waals surface area (Å²) >= 11 is 3.15. The minimum absolute atomic E-state index is 0.0432. The third-order valence-electron chi connectivity index (χ3n) is 2.76. The molecule has 1 aromatic heterocycles. The Hall–Kier alpha value is -0.640. The predicted molar refractivity (Wildman–Crippen MR) is 52.7 cm³/mol. The summed E-state index contributed by atoms with van der Waals surface area (Å²) in [6.07, 6.45) is 1.18. The van der Waals surface area contributed by atoms with Crippen LogP contribution in [0.25, 0.3) is 0 Å². The summed E-state index contributed by atoms with van der Waals surface area (Å²) in [5.41, 5.74) is 0.0613. The van der Waals surface area contributed by atoms with Gasteiger partial charge in [0.2, 0.25) is 0 Å². The van der Waals surface area contributed by atoms with Crippen LogP contribution >= 0.6 is 15.9 Å². The van der Waals surface area contributed by atoms with E-state index in [-0.39, 0.29) is 12.2 Å². The van der Waals surface area contributed by atoms with Crippen LogP contribution in [0, 0.1) is 5.41 Å². The Morgan fingerprint density at radius 2 is 2.50 bits per heavy atom. The lowest BCUT2D eigenvalue weighted by atomic mass is 9.98. The molecule has 0 aliphatic heterocycles. The van der Waals surface area contributed by atoms with Crippen molar-refractivity contribution in [3.8, 4) is 0 Å². The van der Waals surface area contributed by atoms with Gasteiger partial charge in [-0.05, 0) is 40.9 Å². The van der Waals surface area contributed by atoms with Crippen LogP contribution in [0.1, 0.15) is 18.9 Å². The molecule has 0 N–H and O–H groups in total. The Morgan fingerprint density at radius 3 is 2.93 bits per heavy atom. The molecule has 1 saturated carbocycles. The van der Waals surface area contributed by atoms with Gasteiger partial charge in [0, 0.05) is 6.42 Å². The fraction of sp³-hybridized carbons (Fsp3) is 0.500. The van der Waals surface area contributed by atoms with Crippen molar-refractivity contribution in [2.75, 3.05) is 0 Å². The third-order valence-corrected chi connectivity index (χ3v) is 3.17. The van der Waals surface area contributed by atoms with Gasteiger partial charge in [-0.2, -0.15) is 0 Å². The molecule has 1 aliphatic rings. The Morgan fingerprint density at radius 1 is 1.86 bits per heavy atom. The van der Waals surface area contributed by atoms with Crippen LogP contribution in [0.5, 0.6) is 0 Å². The fourth-order valence-corrected chi connectivity index (χ4v) is 1.82. The van der Waals surface area contributed by atoms with Gasteiger partial charge in [0.25, 0.3) is 0 Å². The summed E-state index contributed by atoms with van der Waals surface area (Å²) in [5, 5.41) is 0. The molecule has 2 atom stereocenters. The largest absolute Gasteiger partial charge is 0.457 e. The normalized spacial score (nSPS) is 30.4. The highest BCUT2D eigenvalue weighted by Crippen LogP contribution is 2.49. The lowest BCUT2D eigenvalue weighted by molar-refractivity contribution is -0.123. The summed E-state index contributed by atoms with van der Waals surface area (Å²) in [7, 11) is 0. The van der Waals surface area contributed by atoms with Gasteiger partial charge in [-0.1, -0.05) is 0 Å². The van der Waals surface area contributed by atoms with E-state index < -0.39 is 11.6 Å². The second kappa shape index (κ2) is 3.19. The molecule has 2 unspecified atom stereocenters. The van der Waals surface area contributed by atoms with E-state index in [9.17, 15) is 9.18 Å². The first kappa shape index (κ1) is 9.90. The van der Waals surface area contributed by atoms with Gasteiger partial charge in [0.05, 0.1) is 11.7 Å². The van der Waals surface area contributed by atoms with E-state index in [1.54, 1.807) is 13.0 Å². The van der Waals surface area contributed by atoms with Crippen LogP contribution in [-0.2, 0) is 11.2 Å². The van der Waals surface area contributed by atoms with Gasteiger partial charge in [-0.15, -0.1) is 0 Å². The molecule has 14 heavy (non-hydrogen) atoms. The van der Waals surface area contributed by atoms with Crippen LogP contribution in [0.2, 0.25) is 0 Å². The Bertz CT molecular complexity index is 374. The Kier molecular flexibility index (Phi) is 2.26. The fourth-order valence-electron chi connectivity index (χ4n) is 1.43. The molecule has 4 heteroatoms. The van der Waals surface area contributed by atoms with Crippen LogP contribution in [0.3, 0.4) is 0 Å². The first-order valence-electron chi connectivity index (χ1n) is 4.42. The number of carbonyl (C=O) groups excluding carboxylic acids is 1. The van der Waals surface area contributed by atoms with Crippen molar-refractivity contribution < 1.29 is 13.6 Å². The molecule has 0 spiro atoms. The topological polar surface area (TPSA) is 30.2 Å². The standard InChI is InChI=1S/C10H10BrFO2/c1-10(4-7(10)12)8(13)2-6-3-9(11)14-5-6/h3,5,7H,2,4H2,1H3. The number of hydrogen-bond acceptors (Lipinski definition) is 2. The molecular formula is C10H10BrFO2. The molecule has 1 fully saturated rings. The number of halogens is 2. The van der Waals surface area contributed by atoms with Gasteiger partial charge >= 0.3 is 0 Å². The molecule has 0 amide bonds. The maximum Gasteiger partial charge on any atom is 0.169 e. The van der Waals surface area contributed by atoms with E-state index in [0.29, 0.717) is 11.1 Å². The zero-order chi connectivity index (χ0) is 10.3. The summed E-state index contributed by atoms with van der Waals surface area (Å²) in [4.78, 5) is 11.6. The Labute approximate surface area is 89.6 Å². The summed E-state index contributed by atoms with van der Waals surface area (Å²) in [6.45, 7) is 1.68. The zero-order valence-electron chi connectivity index (χ0n) is 7.72. The molecule has 76 valence electrons. The van der Waals surface area contributed by atoms with Crippen LogP contribution in [0.15, 0.2) is 21.4 Å². The number of hydrogen-bond donors (Lipinski definition) is 0. The van der Waals surface area contributed by atoms with E-state index in [1.165, 1.54) is 6.26 Å². The van der Waals surface area contributed by atoms with Crippen molar-refractivity contribution in [1.29, 1.82) is 0 Å². The molecule has 2 rings (SSSR count). The maximum atomic E-state index is 12.9. The third kappa shape index (κ3) is 1.63. The number of carbonyl (C=O) groups is 1. The average Bonchev–Trinajstić information content (AvgIpc) is 2.56. The first-order valence-corrected chi connectivity index (χ1v) is 5.22. The van der Waals surface area contributed by atoms with E-state index >= 15 is 0 Å². The molecule has 0 saturated heterocycles. The van der Waals surface area contributed by atoms with Crippen LogP contribution in [-0.4, -0.2) is 12.0 Å². The van der Waals surface area contributed by atoms with Gasteiger partial charge in [-0.3, -0.25) is 4.79 Å². The van der Waals surface area contributed by atoms with Crippen molar-refractivity contribution in [1.82, 2.24) is 0 Å². The SMILES string of the molecule is CC1(C(=O)Cc2coc(Br)c2)CC1F. The predicted octanol–water partition coefficient (Wildman–Crippen LogP) is 2.90. The highest BCUT2D eigenvalue weighted by atomic mass is 79.9. The number of alkyl halides is 1. The second-order valence-electron chi connectivity index (χ2n) is 3.95. The first-order chi connectivity index (χ1) is 6.52. The minimum Gasteiger partial charge on any atom is -0.457 e. The van der Waals surface area contributed by atoms with Crippen molar-refractivity contribution in [2.45, 2.75) is 25.9 Å². The minimum atomic E-state index is -0.953. The molecular weight excluding hydrogens is 251 g/mol. The smallest absolute Gasteiger partial charge is 0.169 e. The lowest BCUT2D eigenvalue weighted by Gasteiger charge is -2.04. The molecule has 0 bridgehead atoms. The lowest BCUT2D eigenvalue weighted by Crippen LogP contribution is -2.17. The number of Topliss-reactive ketones (excluding diaryl/α,β-unsaturated/α-hetero) is 1. The van der Waals surface area contributed by atoms with Crippen LogP contribution in [0.4, 0.5) is 4.39 Å². The van der Waals surface area contributed by atoms with Gasteiger partial charge < -0.3 is 4.42 Å². The molecule has 2 nitrogen and oxygen atoms in total. The van der Waals surface area contributed by atoms with E-state index in [2.05, 4.69) is 15.9 Å². The quantitative estimate of drug-likeness (QED) is 0.837.